The minimum Gasteiger partial charge on any atom is -0.307 e. The molecule has 0 unspecified atom stereocenters. The highest BCUT2D eigenvalue weighted by molar-refractivity contribution is 6.12. The summed E-state index contributed by atoms with van der Waals surface area (Å²) in [7, 11) is 0. The molecule has 2 N–H and O–H groups in total. The van der Waals surface area contributed by atoms with Crippen LogP contribution in [0.1, 0.15) is 20.7 Å². The number of pyridine rings is 2. The van der Waals surface area contributed by atoms with Crippen LogP contribution >= 0.6 is 0 Å². The third-order valence-corrected chi connectivity index (χ3v) is 4.45. The molecule has 2 aromatic carbocycles. The molecule has 0 aliphatic heterocycles. The van der Waals surface area contributed by atoms with Gasteiger partial charge in [-0.25, -0.2) is 9.97 Å². The largest absolute Gasteiger partial charge is 0.307 e. The Morgan fingerprint density at radius 2 is 0.933 bits per heavy atom. The zero-order valence-electron chi connectivity index (χ0n) is 15.9. The van der Waals surface area contributed by atoms with Crippen molar-refractivity contribution in [1.29, 1.82) is 0 Å². The number of amides is 2. The molecule has 0 fully saturated rings. The van der Waals surface area contributed by atoms with Crippen molar-refractivity contribution in [3.8, 4) is 11.1 Å². The Labute approximate surface area is 173 Å². The maximum Gasteiger partial charge on any atom is 0.257 e. The second-order valence-electron chi connectivity index (χ2n) is 6.43. The van der Waals surface area contributed by atoms with Gasteiger partial charge in [-0.2, -0.15) is 0 Å². The number of anilines is 2. The molecule has 0 bridgehead atoms. The second kappa shape index (κ2) is 8.79. The molecule has 2 aromatic heterocycles. The van der Waals surface area contributed by atoms with Crippen LogP contribution in [0.4, 0.5) is 11.6 Å². The topological polar surface area (TPSA) is 84.0 Å². The highest BCUT2D eigenvalue weighted by atomic mass is 16.2. The molecule has 6 heteroatoms. The first-order valence-corrected chi connectivity index (χ1v) is 9.35. The van der Waals surface area contributed by atoms with Gasteiger partial charge in [0.1, 0.15) is 11.6 Å². The number of carbonyl (C=O) groups is 2. The first-order valence-electron chi connectivity index (χ1n) is 9.35. The number of nitrogens with one attached hydrogen (secondary N) is 2. The lowest BCUT2D eigenvalue weighted by atomic mass is 9.94. The summed E-state index contributed by atoms with van der Waals surface area (Å²) >= 11 is 0. The van der Waals surface area contributed by atoms with Crippen LogP contribution in [0.2, 0.25) is 0 Å². The fourth-order valence-electron chi connectivity index (χ4n) is 3.07. The summed E-state index contributed by atoms with van der Waals surface area (Å²) in [6.07, 6.45) is 3.22. The summed E-state index contributed by atoms with van der Waals surface area (Å²) in [5.41, 5.74) is 2.19. The van der Waals surface area contributed by atoms with Crippen LogP contribution in [0.25, 0.3) is 11.1 Å². The van der Waals surface area contributed by atoms with Gasteiger partial charge in [0.15, 0.2) is 0 Å². The predicted molar refractivity (Wildman–Crippen MR) is 116 cm³/mol. The molecule has 0 aliphatic rings. The fraction of sp³-hybridized carbons (Fsp3) is 0. The lowest BCUT2D eigenvalue weighted by Gasteiger charge is -2.14. The monoisotopic (exact) mass is 394 g/mol. The van der Waals surface area contributed by atoms with Gasteiger partial charge in [0.25, 0.3) is 11.8 Å². The van der Waals surface area contributed by atoms with Crippen LogP contribution in [-0.4, -0.2) is 21.8 Å². The van der Waals surface area contributed by atoms with Crippen molar-refractivity contribution < 1.29 is 9.59 Å². The second-order valence-corrected chi connectivity index (χ2v) is 6.43. The molecule has 0 aliphatic carbocycles. The van der Waals surface area contributed by atoms with Gasteiger partial charge in [0, 0.05) is 23.5 Å². The maximum absolute atomic E-state index is 12.9. The molecule has 4 rings (SSSR count). The molecular formula is C24H18N4O2. The van der Waals surface area contributed by atoms with Crippen LogP contribution in [0.15, 0.2) is 97.3 Å². The summed E-state index contributed by atoms with van der Waals surface area (Å²) in [4.78, 5) is 34.1. The summed E-state index contributed by atoms with van der Waals surface area (Å²) in [6, 6.07) is 24.9. The average Bonchev–Trinajstić information content (AvgIpc) is 2.80. The Morgan fingerprint density at radius 1 is 0.533 bits per heavy atom. The van der Waals surface area contributed by atoms with Crippen LogP contribution in [0, 0.1) is 0 Å². The molecule has 0 saturated carbocycles. The van der Waals surface area contributed by atoms with Gasteiger partial charge in [-0.15, -0.1) is 0 Å². The van der Waals surface area contributed by atoms with Gasteiger partial charge in [0.05, 0.1) is 0 Å². The zero-order valence-corrected chi connectivity index (χ0v) is 15.9. The Hall–Kier alpha value is -4.32. The summed E-state index contributed by atoms with van der Waals surface area (Å²) in [5, 5.41) is 5.59. The molecular weight excluding hydrogens is 376 g/mol. The van der Waals surface area contributed by atoms with Crippen molar-refractivity contribution in [2.75, 3.05) is 10.6 Å². The number of nitrogens with zero attached hydrogens (tertiary/aromatic N) is 2. The van der Waals surface area contributed by atoms with E-state index in [-0.39, 0.29) is 11.8 Å². The van der Waals surface area contributed by atoms with E-state index >= 15 is 0 Å². The molecule has 30 heavy (non-hydrogen) atoms. The van der Waals surface area contributed by atoms with Crippen LogP contribution in [0.3, 0.4) is 0 Å². The van der Waals surface area contributed by atoms with E-state index in [1.807, 2.05) is 24.3 Å². The number of rotatable bonds is 5. The van der Waals surface area contributed by atoms with Crippen molar-refractivity contribution in [2.45, 2.75) is 0 Å². The molecule has 0 saturated heterocycles. The highest BCUT2D eigenvalue weighted by Crippen LogP contribution is 2.28. The third-order valence-electron chi connectivity index (χ3n) is 4.45. The van der Waals surface area contributed by atoms with E-state index in [4.69, 9.17) is 0 Å². The third kappa shape index (κ3) is 4.23. The molecule has 6 nitrogen and oxygen atoms in total. The fourth-order valence-corrected chi connectivity index (χ4v) is 3.07. The van der Waals surface area contributed by atoms with Crippen molar-refractivity contribution in [1.82, 2.24) is 9.97 Å². The lowest BCUT2D eigenvalue weighted by molar-refractivity contribution is 0.101. The number of hydrogen-bond acceptors (Lipinski definition) is 4. The number of aromatic nitrogens is 2. The molecule has 2 amide bonds. The minimum absolute atomic E-state index is 0.302. The molecule has 0 radical (unpaired) electrons. The molecule has 0 atom stereocenters. The number of carbonyl (C=O) groups excluding carboxylic acids is 2. The predicted octanol–water partition coefficient (Wildman–Crippen LogP) is 4.65. The molecule has 0 spiro atoms. The van der Waals surface area contributed by atoms with Crippen molar-refractivity contribution in [3.63, 3.8) is 0 Å². The first-order chi connectivity index (χ1) is 14.7. The number of benzene rings is 2. The van der Waals surface area contributed by atoms with Gasteiger partial charge in [-0.05, 0) is 47.5 Å². The Bertz CT molecular complexity index is 1080. The maximum atomic E-state index is 12.9. The van der Waals surface area contributed by atoms with E-state index in [1.54, 1.807) is 73.1 Å². The van der Waals surface area contributed by atoms with Crippen molar-refractivity contribution >= 4 is 23.5 Å². The SMILES string of the molecule is O=C(Nc1ccccn1)c1ccccc1-c1ccccc1C(=O)Nc1ccccn1. The molecule has 4 aromatic rings. The van der Waals surface area contributed by atoms with E-state index in [9.17, 15) is 9.59 Å². The van der Waals surface area contributed by atoms with Crippen LogP contribution in [-0.2, 0) is 0 Å². The van der Waals surface area contributed by atoms with Gasteiger partial charge in [0.2, 0.25) is 0 Å². The normalized spacial score (nSPS) is 10.3. The van der Waals surface area contributed by atoms with E-state index < -0.39 is 0 Å². The van der Waals surface area contributed by atoms with Crippen LogP contribution in [0.5, 0.6) is 0 Å². The lowest BCUT2D eigenvalue weighted by Crippen LogP contribution is -2.16. The first kappa shape index (κ1) is 19.0. The highest BCUT2D eigenvalue weighted by Gasteiger charge is 2.18. The van der Waals surface area contributed by atoms with E-state index in [0.717, 1.165) is 0 Å². The minimum atomic E-state index is -0.302. The van der Waals surface area contributed by atoms with Crippen molar-refractivity contribution in [2.24, 2.45) is 0 Å². The van der Waals surface area contributed by atoms with E-state index in [1.165, 1.54) is 0 Å². The average molecular weight is 394 g/mol. The van der Waals surface area contributed by atoms with Crippen LogP contribution < -0.4 is 10.6 Å². The van der Waals surface area contributed by atoms with Gasteiger partial charge >= 0.3 is 0 Å². The van der Waals surface area contributed by atoms with E-state index in [2.05, 4.69) is 20.6 Å². The Morgan fingerprint density at radius 3 is 1.33 bits per heavy atom. The van der Waals surface area contributed by atoms with Crippen molar-refractivity contribution in [3.05, 3.63) is 108 Å². The summed E-state index contributed by atoms with van der Waals surface area (Å²) in [6.45, 7) is 0. The van der Waals surface area contributed by atoms with Gasteiger partial charge in [-0.1, -0.05) is 48.5 Å². The number of hydrogen-bond donors (Lipinski definition) is 2. The standard InChI is InChI=1S/C24H18N4O2/c29-23(27-21-13-5-7-15-25-21)19-11-3-1-9-17(19)18-10-2-4-12-20(18)24(30)28-22-14-6-8-16-26-22/h1-16H,(H,25,27,29)(H,26,28,30). The quantitative estimate of drug-likeness (QED) is 0.516. The smallest absolute Gasteiger partial charge is 0.257 e. The van der Waals surface area contributed by atoms with Gasteiger partial charge < -0.3 is 10.6 Å². The molecule has 2 heterocycles. The Kier molecular flexibility index (Phi) is 5.57. The van der Waals surface area contributed by atoms with E-state index in [0.29, 0.717) is 33.9 Å². The Balaban J connectivity index is 1.68. The molecule has 146 valence electrons. The zero-order chi connectivity index (χ0) is 20.8. The summed E-state index contributed by atoms with van der Waals surface area (Å²) < 4.78 is 0. The summed E-state index contributed by atoms with van der Waals surface area (Å²) in [5.74, 6) is 0.311. The van der Waals surface area contributed by atoms with Gasteiger partial charge in [-0.3, -0.25) is 9.59 Å².